The predicted molar refractivity (Wildman–Crippen MR) is 64.6 cm³/mol. The van der Waals surface area contributed by atoms with E-state index in [9.17, 15) is 9.59 Å². The van der Waals surface area contributed by atoms with Gasteiger partial charge in [0.25, 0.3) is 0 Å². The van der Waals surface area contributed by atoms with E-state index < -0.39 is 17.8 Å². The molecule has 0 aromatic carbocycles. The van der Waals surface area contributed by atoms with E-state index in [0.29, 0.717) is 25.9 Å². The summed E-state index contributed by atoms with van der Waals surface area (Å²) in [4.78, 5) is 24.8. The Morgan fingerprint density at radius 2 is 1.94 bits per heavy atom. The number of allylic oxidation sites excluding steroid dienone is 2. The second-order valence-electron chi connectivity index (χ2n) is 4.36. The van der Waals surface area contributed by atoms with Crippen molar-refractivity contribution in [1.82, 2.24) is 10.2 Å². The van der Waals surface area contributed by atoms with Gasteiger partial charge in [-0.05, 0) is 19.9 Å². The molecule has 96 valence electrons. The molecule has 1 aliphatic rings. The van der Waals surface area contributed by atoms with Crippen LogP contribution in [0.1, 0.15) is 12.8 Å². The summed E-state index contributed by atoms with van der Waals surface area (Å²) in [7, 11) is 3.54. The predicted octanol–water partition coefficient (Wildman–Crippen LogP) is 0.331. The Balaban J connectivity index is 2.65. The van der Waals surface area contributed by atoms with Crippen molar-refractivity contribution in [3.63, 3.8) is 0 Å². The summed E-state index contributed by atoms with van der Waals surface area (Å²) < 4.78 is 0. The smallest absolute Gasteiger partial charge is 0.307 e. The van der Waals surface area contributed by atoms with Crippen molar-refractivity contribution in [3.05, 3.63) is 12.2 Å². The van der Waals surface area contributed by atoms with E-state index in [1.165, 1.54) is 0 Å². The summed E-state index contributed by atoms with van der Waals surface area (Å²) >= 11 is 0. The average molecular weight is 240 g/mol. The molecule has 1 aliphatic carbocycles. The summed E-state index contributed by atoms with van der Waals surface area (Å²) in [5.41, 5.74) is 0. The first kappa shape index (κ1) is 13.7. The lowest BCUT2D eigenvalue weighted by Crippen LogP contribution is -2.42. The van der Waals surface area contributed by atoms with Crippen molar-refractivity contribution in [2.24, 2.45) is 11.8 Å². The molecule has 0 radical (unpaired) electrons. The molecule has 2 atom stereocenters. The standard InChI is InChI=1S/C12H20N2O3/c1-13-7-8-14(2)11(15)9-5-3-4-6-10(9)12(16)17/h3-4,9-10,13H,5-8H2,1-2H3,(H,16,17)/t9-,10+/m1/s1. The minimum atomic E-state index is -0.880. The molecule has 0 heterocycles. The van der Waals surface area contributed by atoms with Crippen LogP contribution >= 0.6 is 0 Å². The Kier molecular flexibility index (Phi) is 5.15. The molecule has 0 saturated heterocycles. The number of carboxylic acid groups (broad SMARTS) is 1. The van der Waals surface area contributed by atoms with E-state index >= 15 is 0 Å². The van der Waals surface area contributed by atoms with Crippen LogP contribution in [0.15, 0.2) is 12.2 Å². The molecular weight excluding hydrogens is 220 g/mol. The average Bonchev–Trinajstić information content (AvgIpc) is 2.34. The van der Waals surface area contributed by atoms with E-state index in [4.69, 9.17) is 5.11 Å². The molecule has 5 heteroatoms. The van der Waals surface area contributed by atoms with E-state index in [2.05, 4.69) is 5.32 Å². The van der Waals surface area contributed by atoms with Crippen LogP contribution in [-0.4, -0.2) is 49.1 Å². The van der Waals surface area contributed by atoms with Crippen molar-refractivity contribution in [2.45, 2.75) is 12.8 Å². The first-order valence-electron chi connectivity index (χ1n) is 5.85. The fourth-order valence-corrected chi connectivity index (χ4v) is 2.03. The Morgan fingerprint density at radius 3 is 2.47 bits per heavy atom. The monoisotopic (exact) mass is 240 g/mol. The normalized spacial score (nSPS) is 23.4. The Labute approximate surface area is 101 Å². The molecule has 5 nitrogen and oxygen atoms in total. The maximum absolute atomic E-state index is 12.1. The second-order valence-corrected chi connectivity index (χ2v) is 4.36. The van der Waals surface area contributed by atoms with Gasteiger partial charge < -0.3 is 15.3 Å². The summed E-state index contributed by atoms with van der Waals surface area (Å²) in [5.74, 6) is -1.95. The van der Waals surface area contributed by atoms with E-state index in [1.54, 1.807) is 11.9 Å². The molecule has 0 fully saturated rings. The zero-order chi connectivity index (χ0) is 12.8. The highest BCUT2D eigenvalue weighted by molar-refractivity contribution is 5.85. The molecule has 1 rings (SSSR count). The number of nitrogens with one attached hydrogen (secondary N) is 1. The molecule has 0 saturated carbocycles. The van der Waals surface area contributed by atoms with Gasteiger partial charge >= 0.3 is 5.97 Å². The maximum atomic E-state index is 12.1. The van der Waals surface area contributed by atoms with Crippen LogP contribution in [0, 0.1) is 11.8 Å². The van der Waals surface area contributed by atoms with Crippen LogP contribution in [0.25, 0.3) is 0 Å². The second kappa shape index (κ2) is 6.39. The van der Waals surface area contributed by atoms with Crippen molar-refractivity contribution < 1.29 is 14.7 Å². The lowest BCUT2D eigenvalue weighted by atomic mass is 9.82. The quantitative estimate of drug-likeness (QED) is 0.679. The molecule has 0 aromatic heterocycles. The molecule has 0 bridgehead atoms. The van der Waals surface area contributed by atoms with Gasteiger partial charge in [-0.2, -0.15) is 0 Å². The molecular formula is C12H20N2O3. The summed E-state index contributed by atoms with van der Waals surface area (Å²) in [6, 6.07) is 0. The van der Waals surface area contributed by atoms with Gasteiger partial charge in [0.1, 0.15) is 0 Å². The van der Waals surface area contributed by atoms with Gasteiger partial charge in [0.05, 0.1) is 11.8 Å². The van der Waals surface area contributed by atoms with Gasteiger partial charge in [-0.25, -0.2) is 0 Å². The van der Waals surface area contributed by atoms with Crippen molar-refractivity contribution in [3.8, 4) is 0 Å². The largest absolute Gasteiger partial charge is 0.481 e. The fraction of sp³-hybridized carbons (Fsp3) is 0.667. The molecule has 0 unspecified atom stereocenters. The molecule has 0 spiro atoms. The van der Waals surface area contributed by atoms with Gasteiger partial charge in [-0.15, -0.1) is 0 Å². The first-order valence-corrected chi connectivity index (χ1v) is 5.85. The first-order chi connectivity index (χ1) is 8.07. The third kappa shape index (κ3) is 3.56. The minimum absolute atomic E-state index is 0.0722. The molecule has 0 aromatic rings. The molecule has 1 amide bonds. The van der Waals surface area contributed by atoms with Crippen molar-refractivity contribution in [1.29, 1.82) is 0 Å². The van der Waals surface area contributed by atoms with Crippen molar-refractivity contribution in [2.75, 3.05) is 27.2 Å². The summed E-state index contributed by atoms with van der Waals surface area (Å²) in [6.45, 7) is 1.31. The third-order valence-electron chi connectivity index (χ3n) is 3.14. The van der Waals surface area contributed by atoms with Gasteiger partial charge in [0.2, 0.25) is 5.91 Å². The van der Waals surface area contributed by atoms with E-state index in [1.807, 2.05) is 19.2 Å². The fourth-order valence-electron chi connectivity index (χ4n) is 2.03. The summed E-state index contributed by atoms with van der Waals surface area (Å²) in [6.07, 6.45) is 4.72. The topological polar surface area (TPSA) is 69.6 Å². The van der Waals surface area contributed by atoms with Crippen LogP contribution in [0.5, 0.6) is 0 Å². The van der Waals surface area contributed by atoms with Crippen LogP contribution < -0.4 is 5.32 Å². The van der Waals surface area contributed by atoms with Crippen molar-refractivity contribution >= 4 is 11.9 Å². The van der Waals surface area contributed by atoms with Gasteiger partial charge in [0, 0.05) is 20.1 Å². The molecule has 0 aliphatic heterocycles. The zero-order valence-electron chi connectivity index (χ0n) is 10.3. The molecule has 17 heavy (non-hydrogen) atoms. The number of likely N-dealkylation sites (N-methyl/N-ethyl adjacent to an activating group) is 2. The van der Waals surface area contributed by atoms with Gasteiger partial charge in [-0.1, -0.05) is 12.2 Å². The van der Waals surface area contributed by atoms with Gasteiger partial charge in [0.15, 0.2) is 0 Å². The number of amides is 1. The lowest BCUT2D eigenvalue weighted by Gasteiger charge is -2.28. The highest BCUT2D eigenvalue weighted by atomic mass is 16.4. The number of hydrogen-bond donors (Lipinski definition) is 2. The van der Waals surface area contributed by atoms with Crippen LogP contribution in [0.3, 0.4) is 0 Å². The lowest BCUT2D eigenvalue weighted by molar-refractivity contribution is -0.150. The summed E-state index contributed by atoms with van der Waals surface area (Å²) in [5, 5.41) is 12.1. The number of carbonyl (C=O) groups is 2. The zero-order valence-corrected chi connectivity index (χ0v) is 10.3. The Bertz CT molecular complexity index is 315. The Hall–Kier alpha value is -1.36. The highest BCUT2D eigenvalue weighted by Gasteiger charge is 2.35. The van der Waals surface area contributed by atoms with Gasteiger partial charge in [-0.3, -0.25) is 9.59 Å². The number of aliphatic carboxylic acids is 1. The Morgan fingerprint density at radius 1 is 1.35 bits per heavy atom. The third-order valence-corrected chi connectivity index (χ3v) is 3.14. The van der Waals surface area contributed by atoms with E-state index in [-0.39, 0.29) is 5.91 Å². The molecule has 2 N–H and O–H groups in total. The van der Waals surface area contributed by atoms with Crippen LogP contribution in [0.4, 0.5) is 0 Å². The maximum Gasteiger partial charge on any atom is 0.307 e. The van der Waals surface area contributed by atoms with Crippen LogP contribution in [0.2, 0.25) is 0 Å². The number of carbonyl (C=O) groups excluding carboxylic acids is 1. The SMILES string of the molecule is CNCCN(C)C(=O)[C@@H]1CC=CC[C@@H]1C(=O)O. The number of rotatable bonds is 5. The number of hydrogen-bond acceptors (Lipinski definition) is 3. The van der Waals surface area contributed by atoms with Crippen LogP contribution in [-0.2, 0) is 9.59 Å². The highest BCUT2D eigenvalue weighted by Crippen LogP contribution is 2.27. The number of nitrogens with zero attached hydrogens (tertiary/aromatic N) is 1. The number of carboxylic acids is 1. The van der Waals surface area contributed by atoms with E-state index in [0.717, 1.165) is 0 Å². The minimum Gasteiger partial charge on any atom is -0.481 e.